The lowest BCUT2D eigenvalue weighted by molar-refractivity contribution is -0.165. The van der Waals surface area contributed by atoms with E-state index in [4.69, 9.17) is 20.4 Å². The summed E-state index contributed by atoms with van der Waals surface area (Å²) in [4.78, 5) is 55.2. The van der Waals surface area contributed by atoms with E-state index in [0.717, 1.165) is 41.9 Å². The predicted octanol–water partition coefficient (Wildman–Crippen LogP) is 4.99. The molecule has 1 amide bonds. The van der Waals surface area contributed by atoms with Gasteiger partial charge < -0.3 is 34.8 Å². The number of aliphatic carboxylic acids is 2. The van der Waals surface area contributed by atoms with E-state index in [-0.39, 0.29) is 18.0 Å². The molecule has 310 valence electrons. The fourth-order valence-electron chi connectivity index (χ4n) is 6.16. The monoisotopic (exact) mass is 815 g/mol. The molecule has 16 heteroatoms. The number of likely N-dealkylation sites (N-methyl/N-ethyl adjacent to an activating group) is 1. The second kappa shape index (κ2) is 20.8. The number of para-hydroxylation sites is 1. The molecule has 0 aliphatic carbocycles. The van der Waals surface area contributed by atoms with Gasteiger partial charge in [-0.05, 0) is 78.2 Å². The van der Waals surface area contributed by atoms with Crippen LogP contribution in [0.2, 0.25) is 0 Å². The number of rotatable bonds is 16. The molecule has 13 nitrogen and oxygen atoms in total. The van der Waals surface area contributed by atoms with Crippen LogP contribution in [0, 0.1) is 11.3 Å². The standard InChI is InChI=1S/C39H38F3N5O2.C4H6O6/c1-3-45(4-2)22-23-46(26-29-12-15-31(16-13-29)32-17-19-33(20-18-32)39(40,41)42)37(48)27-47-35-11-6-5-10-34(35)38(49)44-36(47)21-14-28-8-7-9-30(24-28)25-43;5-1(3(7)8)2(6)4(9)10/h5-13,15-20,24H,3-4,14,21-23,26-27H2,1-2H3;1-2,5-6H,(H,7,8)(H,9,10). The number of nitrogens with zero attached hydrogens (tertiary/aromatic N) is 5. The maximum absolute atomic E-state index is 14.2. The van der Waals surface area contributed by atoms with E-state index in [2.05, 4.69) is 29.8 Å². The summed E-state index contributed by atoms with van der Waals surface area (Å²) in [6.45, 7) is 7.28. The van der Waals surface area contributed by atoms with Crippen molar-refractivity contribution in [3.8, 4) is 17.2 Å². The van der Waals surface area contributed by atoms with Crippen molar-refractivity contribution in [3.63, 3.8) is 0 Å². The first-order chi connectivity index (χ1) is 28.1. The third kappa shape index (κ3) is 12.5. The molecule has 0 aliphatic rings. The van der Waals surface area contributed by atoms with Gasteiger partial charge in [0.15, 0.2) is 12.2 Å². The average molecular weight is 816 g/mol. The fourth-order valence-corrected chi connectivity index (χ4v) is 6.16. The summed E-state index contributed by atoms with van der Waals surface area (Å²) >= 11 is 0. The number of benzene rings is 4. The Labute approximate surface area is 337 Å². The van der Waals surface area contributed by atoms with Crippen LogP contribution in [-0.2, 0) is 46.5 Å². The highest BCUT2D eigenvalue weighted by Gasteiger charge is 2.30. The number of nitriles is 1. The first kappa shape index (κ1) is 45.3. The van der Waals surface area contributed by atoms with Gasteiger partial charge in [-0.2, -0.15) is 23.4 Å². The van der Waals surface area contributed by atoms with Crippen LogP contribution in [0.15, 0.2) is 102 Å². The van der Waals surface area contributed by atoms with Crippen LogP contribution in [0.1, 0.15) is 41.9 Å². The third-order valence-electron chi connectivity index (χ3n) is 9.57. The highest BCUT2D eigenvalue weighted by atomic mass is 19.4. The van der Waals surface area contributed by atoms with E-state index < -0.39 is 35.9 Å². The molecule has 0 saturated carbocycles. The Bertz CT molecular complexity index is 2300. The zero-order valence-electron chi connectivity index (χ0n) is 32.3. The average Bonchev–Trinajstić information content (AvgIpc) is 3.23. The quantitative estimate of drug-likeness (QED) is 0.105. The van der Waals surface area contributed by atoms with Gasteiger partial charge in [0.1, 0.15) is 12.4 Å². The topological polar surface area (TPSA) is 197 Å². The van der Waals surface area contributed by atoms with Gasteiger partial charge in [0.25, 0.3) is 5.56 Å². The highest BCUT2D eigenvalue weighted by molar-refractivity contribution is 5.83. The largest absolute Gasteiger partial charge is 0.479 e. The predicted molar refractivity (Wildman–Crippen MR) is 212 cm³/mol. The summed E-state index contributed by atoms with van der Waals surface area (Å²) in [5, 5.41) is 42.3. The lowest BCUT2D eigenvalue weighted by Crippen LogP contribution is -2.40. The van der Waals surface area contributed by atoms with E-state index in [1.807, 2.05) is 59.2 Å². The van der Waals surface area contributed by atoms with Gasteiger partial charge in [-0.25, -0.2) is 9.59 Å². The number of carbonyl (C=O) groups excluding carboxylic acids is 1. The summed E-state index contributed by atoms with van der Waals surface area (Å²) < 4.78 is 41.0. The van der Waals surface area contributed by atoms with Gasteiger partial charge in [-0.3, -0.25) is 9.59 Å². The van der Waals surface area contributed by atoms with E-state index >= 15 is 0 Å². The summed E-state index contributed by atoms with van der Waals surface area (Å²) in [7, 11) is 0. The Kier molecular flexibility index (Phi) is 16.0. The second-order valence-electron chi connectivity index (χ2n) is 13.4. The summed E-state index contributed by atoms with van der Waals surface area (Å²) in [5.74, 6) is -3.18. The van der Waals surface area contributed by atoms with Crippen molar-refractivity contribution in [2.75, 3.05) is 26.2 Å². The van der Waals surface area contributed by atoms with Crippen molar-refractivity contribution in [3.05, 3.63) is 135 Å². The second-order valence-corrected chi connectivity index (χ2v) is 13.4. The Hall–Kier alpha value is -6.41. The van der Waals surface area contributed by atoms with Crippen LogP contribution in [0.25, 0.3) is 22.0 Å². The molecule has 5 aromatic rings. The molecule has 4 aromatic carbocycles. The number of aryl methyl sites for hydroxylation is 2. The van der Waals surface area contributed by atoms with Gasteiger partial charge in [0.05, 0.1) is 28.1 Å². The van der Waals surface area contributed by atoms with Crippen LogP contribution in [0.5, 0.6) is 0 Å². The van der Waals surface area contributed by atoms with Crippen molar-refractivity contribution in [1.82, 2.24) is 19.4 Å². The van der Waals surface area contributed by atoms with Crippen molar-refractivity contribution >= 4 is 28.7 Å². The highest BCUT2D eigenvalue weighted by Crippen LogP contribution is 2.31. The number of aromatic nitrogens is 2. The van der Waals surface area contributed by atoms with Crippen LogP contribution >= 0.6 is 0 Å². The Morgan fingerprint density at radius 3 is 1.95 bits per heavy atom. The number of fused-ring (bicyclic) bond motifs is 1. The van der Waals surface area contributed by atoms with Gasteiger partial charge in [-0.1, -0.05) is 74.5 Å². The molecule has 59 heavy (non-hydrogen) atoms. The number of aliphatic hydroxyl groups excluding tert-OH is 2. The Morgan fingerprint density at radius 1 is 0.797 bits per heavy atom. The van der Waals surface area contributed by atoms with E-state index in [1.54, 1.807) is 23.1 Å². The number of amides is 1. The van der Waals surface area contributed by atoms with Crippen molar-refractivity contribution in [2.45, 2.75) is 58.2 Å². The van der Waals surface area contributed by atoms with Gasteiger partial charge in [-0.15, -0.1) is 0 Å². The van der Waals surface area contributed by atoms with Gasteiger partial charge >= 0.3 is 18.1 Å². The molecular formula is C43H44F3N5O8. The smallest absolute Gasteiger partial charge is 0.416 e. The lowest BCUT2D eigenvalue weighted by Gasteiger charge is -2.28. The van der Waals surface area contributed by atoms with Crippen molar-refractivity contribution in [2.24, 2.45) is 0 Å². The number of carboxylic acid groups (broad SMARTS) is 2. The number of halogens is 3. The first-order valence-corrected chi connectivity index (χ1v) is 18.6. The zero-order valence-corrected chi connectivity index (χ0v) is 32.3. The molecule has 0 bridgehead atoms. The minimum atomic E-state index is -4.40. The number of hydrogen-bond donors (Lipinski definition) is 4. The summed E-state index contributed by atoms with van der Waals surface area (Å²) in [6.07, 6.45) is -8.00. The minimum Gasteiger partial charge on any atom is -0.479 e. The number of hydrogen-bond acceptors (Lipinski definition) is 9. The lowest BCUT2D eigenvalue weighted by atomic mass is 10.0. The third-order valence-corrected chi connectivity index (χ3v) is 9.57. The van der Waals surface area contributed by atoms with Crippen LogP contribution < -0.4 is 5.56 Å². The number of alkyl halides is 3. The Morgan fingerprint density at radius 2 is 1.39 bits per heavy atom. The number of carbonyl (C=O) groups is 3. The first-order valence-electron chi connectivity index (χ1n) is 18.6. The fraction of sp³-hybridized carbons (Fsp3) is 0.302. The zero-order chi connectivity index (χ0) is 43.3. The molecule has 0 radical (unpaired) electrons. The van der Waals surface area contributed by atoms with Crippen LogP contribution in [0.4, 0.5) is 13.2 Å². The van der Waals surface area contributed by atoms with E-state index in [9.17, 15) is 37.6 Å². The van der Waals surface area contributed by atoms with E-state index in [1.165, 1.54) is 12.1 Å². The summed E-state index contributed by atoms with van der Waals surface area (Å²) in [5.41, 5.74) is 3.37. The van der Waals surface area contributed by atoms with Crippen LogP contribution in [-0.4, -0.2) is 96.0 Å². The molecule has 0 saturated heterocycles. The molecule has 2 unspecified atom stereocenters. The van der Waals surface area contributed by atoms with Crippen LogP contribution in [0.3, 0.4) is 0 Å². The molecule has 0 aliphatic heterocycles. The normalized spacial score (nSPS) is 12.3. The Balaban J connectivity index is 0.000000680. The minimum absolute atomic E-state index is 0.0246. The van der Waals surface area contributed by atoms with Crippen molar-refractivity contribution < 1.29 is 48.0 Å². The SMILES string of the molecule is CCN(CC)CCN(Cc1ccc(-c2ccc(C(F)(F)F)cc2)cc1)C(=O)Cn1c(CCc2cccc(C#N)c2)nc(=O)c2ccccc21.O=C(O)C(O)C(O)C(=O)O. The van der Waals surface area contributed by atoms with Gasteiger partial charge in [0, 0.05) is 26.1 Å². The number of aliphatic hydroxyl groups is 2. The maximum Gasteiger partial charge on any atom is 0.416 e. The molecule has 1 heterocycles. The van der Waals surface area contributed by atoms with E-state index in [0.29, 0.717) is 60.3 Å². The molecule has 1 aromatic heterocycles. The molecular weight excluding hydrogens is 771 g/mol. The molecule has 4 N–H and O–H groups in total. The summed E-state index contributed by atoms with van der Waals surface area (Å²) in [6, 6.07) is 29.1. The maximum atomic E-state index is 14.2. The molecule has 0 spiro atoms. The molecule has 5 rings (SSSR count). The molecule has 0 fully saturated rings. The van der Waals surface area contributed by atoms with Crippen molar-refractivity contribution in [1.29, 1.82) is 5.26 Å². The molecule has 2 atom stereocenters. The number of carboxylic acids is 2. The van der Waals surface area contributed by atoms with Gasteiger partial charge in [0.2, 0.25) is 5.91 Å².